The van der Waals surface area contributed by atoms with Crippen LogP contribution in [0.1, 0.15) is 23.5 Å². The van der Waals surface area contributed by atoms with Crippen molar-refractivity contribution in [2.45, 2.75) is 12.1 Å². The molecule has 0 bridgehead atoms. The topological polar surface area (TPSA) is 88.5 Å². The molecule has 4 aromatic rings. The van der Waals surface area contributed by atoms with Gasteiger partial charge >= 0.3 is 0 Å². The minimum Gasteiger partial charge on any atom is -0.495 e. The van der Waals surface area contributed by atoms with Gasteiger partial charge in [0.2, 0.25) is 10.0 Å². The lowest BCUT2D eigenvalue weighted by atomic mass is 10.0. The van der Waals surface area contributed by atoms with Crippen LogP contribution in [0.5, 0.6) is 5.75 Å². The highest BCUT2D eigenvalue weighted by Gasteiger charge is 2.42. The Balaban J connectivity index is 1.62. The number of hydrogen-bond donors (Lipinski definition) is 2. The molecule has 2 aromatic heterocycles. The fourth-order valence-electron chi connectivity index (χ4n) is 4.52. The zero-order valence-electron chi connectivity index (χ0n) is 19.7. The van der Waals surface area contributed by atoms with Gasteiger partial charge in [-0.1, -0.05) is 18.2 Å². The summed E-state index contributed by atoms with van der Waals surface area (Å²) in [5.41, 5.74) is 4.05. The van der Waals surface area contributed by atoms with Crippen molar-refractivity contribution < 1.29 is 13.2 Å². The average Bonchev–Trinajstić information content (AvgIpc) is 3.48. The Kier molecular flexibility index (Phi) is 6.38. The summed E-state index contributed by atoms with van der Waals surface area (Å²) < 4.78 is 33.5. The molecule has 5 rings (SSSR count). The van der Waals surface area contributed by atoms with E-state index < -0.39 is 10.0 Å². The van der Waals surface area contributed by atoms with Gasteiger partial charge in [0.05, 0.1) is 30.8 Å². The summed E-state index contributed by atoms with van der Waals surface area (Å²) in [6.45, 7) is 0. The first-order chi connectivity index (χ1) is 17.4. The zero-order valence-corrected chi connectivity index (χ0v) is 21.3. The SMILES string of the molecule is COc1ccccc1-n1cccc1[C@H]1[C@@H](c2ccccn2)NC(=S)N1c1ccc(NS(C)(=O)=O)cc1. The molecule has 1 saturated heterocycles. The molecule has 0 radical (unpaired) electrons. The van der Waals surface area contributed by atoms with E-state index in [1.807, 2.05) is 71.8 Å². The van der Waals surface area contributed by atoms with Crippen LogP contribution in [0.15, 0.2) is 91.3 Å². The van der Waals surface area contributed by atoms with Crippen LogP contribution in [0, 0.1) is 0 Å². The largest absolute Gasteiger partial charge is 0.495 e. The molecule has 0 spiro atoms. The number of nitrogens with zero attached hydrogens (tertiary/aromatic N) is 3. The second-order valence-electron chi connectivity index (χ2n) is 8.39. The number of sulfonamides is 1. The van der Waals surface area contributed by atoms with Gasteiger partial charge in [-0.15, -0.1) is 0 Å². The minimum atomic E-state index is -3.38. The molecule has 2 aromatic carbocycles. The molecule has 1 fully saturated rings. The average molecular weight is 520 g/mol. The molecule has 8 nitrogen and oxygen atoms in total. The van der Waals surface area contributed by atoms with Crippen molar-refractivity contribution in [1.29, 1.82) is 0 Å². The molecule has 2 N–H and O–H groups in total. The Bertz CT molecular complexity index is 1490. The number of benzene rings is 2. The Morgan fingerprint density at radius 1 is 1.00 bits per heavy atom. The van der Waals surface area contributed by atoms with Gasteiger partial charge in [0.15, 0.2) is 5.11 Å². The predicted octanol–water partition coefficient (Wildman–Crippen LogP) is 4.43. The third-order valence-electron chi connectivity index (χ3n) is 5.97. The summed E-state index contributed by atoms with van der Waals surface area (Å²) in [7, 11) is -1.72. The fourth-order valence-corrected chi connectivity index (χ4v) is 5.43. The predicted molar refractivity (Wildman–Crippen MR) is 145 cm³/mol. The number of methoxy groups -OCH3 is 1. The van der Waals surface area contributed by atoms with Crippen molar-refractivity contribution in [2.75, 3.05) is 23.0 Å². The third kappa shape index (κ3) is 4.65. The maximum Gasteiger partial charge on any atom is 0.229 e. The number of ether oxygens (including phenoxy) is 1. The number of anilines is 2. The third-order valence-corrected chi connectivity index (χ3v) is 6.90. The summed E-state index contributed by atoms with van der Waals surface area (Å²) in [5.74, 6) is 0.751. The molecule has 2 atom stereocenters. The lowest BCUT2D eigenvalue weighted by Gasteiger charge is -2.29. The Hall–Kier alpha value is -3.89. The van der Waals surface area contributed by atoms with E-state index in [0.29, 0.717) is 10.8 Å². The van der Waals surface area contributed by atoms with Crippen LogP contribution < -0.4 is 19.7 Å². The molecule has 10 heteroatoms. The zero-order chi connectivity index (χ0) is 25.3. The van der Waals surface area contributed by atoms with Crippen LogP contribution in [0.2, 0.25) is 0 Å². The summed E-state index contributed by atoms with van der Waals surface area (Å²) >= 11 is 5.82. The quantitative estimate of drug-likeness (QED) is 0.349. The molecule has 1 aliphatic heterocycles. The number of thiocarbonyl (C=S) groups is 1. The second kappa shape index (κ2) is 9.63. The molecule has 1 aliphatic rings. The van der Waals surface area contributed by atoms with E-state index in [9.17, 15) is 8.42 Å². The highest BCUT2D eigenvalue weighted by molar-refractivity contribution is 7.92. The van der Waals surface area contributed by atoms with Crippen molar-refractivity contribution in [3.63, 3.8) is 0 Å². The van der Waals surface area contributed by atoms with Crippen LogP contribution >= 0.6 is 12.2 Å². The smallest absolute Gasteiger partial charge is 0.229 e. The van der Waals surface area contributed by atoms with Gasteiger partial charge < -0.3 is 19.5 Å². The van der Waals surface area contributed by atoms with E-state index in [2.05, 4.69) is 25.7 Å². The second-order valence-corrected chi connectivity index (χ2v) is 10.5. The molecule has 184 valence electrons. The number of rotatable bonds is 7. The number of hydrogen-bond acceptors (Lipinski definition) is 5. The van der Waals surface area contributed by atoms with Crippen molar-refractivity contribution in [3.05, 3.63) is 103 Å². The van der Waals surface area contributed by atoms with Crippen molar-refractivity contribution in [1.82, 2.24) is 14.9 Å². The molecular weight excluding hydrogens is 494 g/mol. The van der Waals surface area contributed by atoms with Crippen molar-refractivity contribution in [2.24, 2.45) is 0 Å². The fraction of sp³-hybridized carbons (Fsp3) is 0.154. The first-order valence-electron chi connectivity index (χ1n) is 11.2. The lowest BCUT2D eigenvalue weighted by molar-refractivity contribution is 0.412. The molecular formula is C26H25N5O3S2. The van der Waals surface area contributed by atoms with E-state index in [-0.39, 0.29) is 12.1 Å². The number of aromatic nitrogens is 2. The van der Waals surface area contributed by atoms with Gasteiger partial charge in [0, 0.05) is 29.5 Å². The van der Waals surface area contributed by atoms with E-state index in [1.165, 1.54) is 0 Å². The van der Waals surface area contributed by atoms with Crippen molar-refractivity contribution in [3.8, 4) is 11.4 Å². The van der Waals surface area contributed by atoms with E-state index in [0.717, 1.165) is 34.8 Å². The molecule has 3 heterocycles. The summed E-state index contributed by atoms with van der Waals surface area (Å²) in [4.78, 5) is 6.66. The van der Waals surface area contributed by atoms with E-state index in [4.69, 9.17) is 17.0 Å². The number of pyridine rings is 1. The van der Waals surface area contributed by atoms with Crippen molar-refractivity contribution >= 4 is 38.7 Å². The highest BCUT2D eigenvalue weighted by atomic mass is 32.2. The molecule has 0 aliphatic carbocycles. The van der Waals surface area contributed by atoms with Gasteiger partial charge in [0.1, 0.15) is 11.8 Å². The number of nitrogens with one attached hydrogen (secondary N) is 2. The van der Waals surface area contributed by atoms with Gasteiger partial charge in [-0.05, 0) is 72.9 Å². The van der Waals surface area contributed by atoms with Gasteiger partial charge in [0.25, 0.3) is 0 Å². The van der Waals surface area contributed by atoms with Crippen LogP contribution in [-0.4, -0.2) is 36.4 Å². The summed E-state index contributed by atoms with van der Waals surface area (Å²) in [6.07, 6.45) is 4.89. The van der Waals surface area contributed by atoms with Crippen LogP contribution in [0.3, 0.4) is 0 Å². The first kappa shape index (κ1) is 23.8. The van der Waals surface area contributed by atoms with Gasteiger partial charge in [-0.25, -0.2) is 8.42 Å². The van der Waals surface area contributed by atoms with E-state index >= 15 is 0 Å². The Morgan fingerprint density at radius 2 is 1.75 bits per heavy atom. The van der Waals surface area contributed by atoms with Crippen LogP contribution in [-0.2, 0) is 10.0 Å². The van der Waals surface area contributed by atoms with E-state index in [1.54, 1.807) is 25.4 Å². The first-order valence-corrected chi connectivity index (χ1v) is 13.5. The highest BCUT2D eigenvalue weighted by Crippen LogP contribution is 2.43. The summed E-state index contributed by atoms with van der Waals surface area (Å²) in [6, 6.07) is 24.4. The lowest BCUT2D eigenvalue weighted by Crippen LogP contribution is -2.30. The monoisotopic (exact) mass is 519 g/mol. The molecule has 36 heavy (non-hydrogen) atoms. The van der Waals surface area contributed by atoms with Crippen LogP contribution in [0.25, 0.3) is 5.69 Å². The minimum absolute atomic E-state index is 0.226. The Morgan fingerprint density at radius 3 is 2.44 bits per heavy atom. The maximum atomic E-state index is 11.7. The van der Waals surface area contributed by atoms with Gasteiger partial charge in [-0.2, -0.15) is 0 Å². The Labute approximate surface area is 215 Å². The normalized spacial score (nSPS) is 17.6. The maximum absolute atomic E-state index is 11.7. The standard InChI is InChI=1S/C26H25N5O3S2/c1-34-23-11-4-3-9-21(23)30-17-7-10-22(30)25-24(20-8-5-6-16-27-20)28-26(35)31(25)19-14-12-18(13-15-19)29-36(2,32)33/h3-17,24-25,29H,1-2H3,(H,28,35)/t24-,25+/m1/s1. The number of para-hydroxylation sites is 2. The van der Waals surface area contributed by atoms with Crippen LogP contribution in [0.4, 0.5) is 11.4 Å². The molecule has 0 unspecified atom stereocenters. The molecule has 0 amide bonds. The summed E-state index contributed by atoms with van der Waals surface area (Å²) in [5, 5.41) is 4.00. The van der Waals surface area contributed by atoms with Gasteiger partial charge in [-0.3, -0.25) is 9.71 Å². The molecule has 0 saturated carbocycles.